The first-order chi connectivity index (χ1) is 18.6. The fraction of sp³-hybridized carbons (Fsp3) is 0.250. The summed E-state index contributed by atoms with van der Waals surface area (Å²) in [5, 5.41) is 11.7. The number of pyridine rings is 2. The number of fused-ring (bicyclic) bond motifs is 6. The number of ether oxygens (including phenoxy) is 3. The van der Waals surface area contributed by atoms with Gasteiger partial charge in [-0.05, 0) is 36.2 Å². The third kappa shape index (κ3) is 3.26. The Morgan fingerprint density at radius 2 is 1.85 bits per heavy atom. The van der Waals surface area contributed by atoms with Crippen LogP contribution in [0.1, 0.15) is 35.6 Å². The van der Waals surface area contributed by atoms with Crippen molar-refractivity contribution in [2.45, 2.75) is 38.3 Å². The number of esters is 1. The van der Waals surface area contributed by atoms with Crippen LogP contribution in [0.3, 0.4) is 0 Å². The van der Waals surface area contributed by atoms with Crippen LogP contribution < -0.4 is 15.0 Å². The molecule has 0 aliphatic carbocycles. The SMILES string of the molecule is CC[C@@]1(O)C(=O)OCc2c1cc1n(c2=O)Cc2cc3c(-c4ccc(C(F)(F)F)cc4)c4c(cc3nc2-1)OCO4. The summed E-state index contributed by atoms with van der Waals surface area (Å²) in [5.41, 5.74) is 0.475. The Balaban J connectivity index is 1.44. The van der Waals surface area contributed by atoms with E-state index in [2.05, 4.69) is 0 Å². The number of nitrogens with zero attached hydrogens (tertiary/aromatic N) is 2. The average molecular weight is 536 g/mol. The lowest BCUT2D eigenvalue weighted by atomic mass is 9.86. The molecule has 4 aromatic rings. The molecule has 2 aromatic heterocycles. The van der Waals surface area contributed by atoms with Crippen molar-refractivity contribution in [2.75, 3.05) is 6.79 Å². The molecule has 3 aliphatic heterocycles. The molecule has 0 amide bonds. The van der Waals surface area contributed by atoms with Crippen LogP contribution in [0, 0.1) is 0 Å². The maximum absolute atomic E-state index is 13.4. The van der Waals surface area contributed by atoms with E-state index >= 15 is 0 Å². The van der Waals surface area contributed by atoms with Crippen LogP contribution in [0.4, 0.5) is 13.2 Å². The lowest BCUT2D eigenvalue weighted by Crippen LogP contribution is -2.44. The van der Waals surface area contributed by atoms with Gasteiger partial charge in [-0.2, -0.15) is 13.2 Å². The van der Waals surface area contributed by atoms with E-state index in [0.717, 1.165) is 12.1 Å². The molecule has 0 radical (unpaired) electrons. The van der Waals surface area contributed by atoms with E-state index < -0.39 is 23.3 Å². The van der Waals surface area contributed by atoms with Gasteiger partial charge in [0.15, 0.2) is 17.1 Å². The fourth-order valence-corrected chi connectivity index (χ4v) is 5.59. The Morgan fingerprint density at radius 3 is 2.56 bits per heavy atom. The normalized spacial score (nSPS) is 19.1. The van der Waals surface area contributed by atoms with E-state index in [1.54, 1.807) is 19.1 Å². The molecule has 1 N–H and O–H groups in total. The summed E-state index contributed by atoms with van der Waals surface area (Å²) >= 11 is 0. The van der Waals surface area contributed by atoms with E-state index in [9.17, 15) is 27.9 Å². The molecule has 7 rings (SSSR count). The van der Waals surface area contributed by atoms with Gasteiger partial charge in [-0.15, -0.1) is 0 Å². The molecule has 0 unspecified atom stereocenters. The Labute approximate surface area is 218 Å². The first kappa shape index (κ1) is 23.7. The lowest BCUT2D eigenvalue weighted by molar-refractivity contribution is -0.172. The minimum Gasteiger partial charge on any atom is -0.458 e. The number of hydrogen-bond donors (Lipinski definition) is 1. The molecule has 2 aromatic carbocycles. The van der Waals surface area contributed by atoms with Crippen LogP contribution in [0.15, 0.2) is 47.3 Å². The first-order valence-corrected chi connectivity index (χ1v) is 12.2. The maximum atomic E-state index is 13.4. The molecule has 0 spiro atoms. The minimum absolute atomic E-state index is 0.0275. The van der Waals surface area contributed by atoms with Gasteiger partial charge in [0.25, 0.3) is 5.56 Å². The second-order valence-electron chi connectivity index (χ2n) is 9.73. The number of benzene rings is 2. The number of aliphatic hydroxyl groups is 1. The summed E-state index contributed by atoms with van der Waals surface area (Å²) in [6.07, 6.45) is -4.45. The van der Waals surface area contributed by atoms with Crippen molar-refractivity contribution in [3.05, 3.63) is 75.1 Å². The number of cyclic esters (lactones) is 1. The molecule has 11 heteroatoms. The van der Waals surface area contributed by atoms with Crippen molar-refractivity contribution in [3.8, 4) is 34.0 Å². The van der Waals surface area contributed by atoms with E-state index in [-0.39, 0.29) is 43.1 Å². The lowest BCUT2D eigenvalue weighted by Gasteiger charge is -2.31. The van der Waals surface area contributed by atoms with Gasteiger partial charge >= 0.3 is 12.1 Å². The molecule has 39 heavy (non-hydrogen) atoms. The minimum atomic E-state index is -4.47. The van der Waals surface area contributed by atoms with Crippen molar-refractivity contribution < 1.29 is 37.3 Å². The summed E-state index contributed by atoms with van der Waals surface area (Å²) in [5.74, 6) is -0.00922. The average Bonchev–Trinajstić information content (AvgIpc) is 3.52. The Morgan fingerprint density at radius 1 is 1.08 bits per heavy atom. The van der Waals surface area contributed by atoms with Gasteiger partial charge in [-0.1, -0.05) is 19.1 Å². The first-order valence-electron chi connectivity index (χ1n) is 12.2. The Kier molecular flexibility index (Phi) is 4.76. The topological polar surface area (TPSA) is 99.9 Å². The number of alkyl halides is 3. The smallest absolute Gasteiger partial charge is 0.416 e. The van der Waals surface area contributed by atoms with Crippen molar-refractivity contribution >= 4 is 16.9 Å². The molecule has 0 fully saturated rings. The fourth-order valence-electron chi connectivity index (χ4n) is 5.59. The largest absolute Gasteiger partial charge is 0.458 e. The third-order valence-electron chi connectivity index (χ3n) is 7.65. The quantitative estimate of drug-likeness (QED) is 0.332. The zero-order valence-corrected chi connectivity index (χ0v) is 20.4. The molecule has 0 saturated heterocycles. The van der Waals surface area contributed by atoms with Gasteiger partial charge in [0, 0.05) is 28.1 Å². The van der Waals surface area contributed by atoms with E-state index in [1.807, 2.05) is 6.07 Å². The summed E-state index contributed by atoms with van der Waals surface area (Å²) in [6.45, 7) is 1.53. The van der Waals surface area contributed by atoms with Crippen LogP contribution >= 0.6 is 0 Å². The number of carbonyl (C=O) groups excluding carboxylic acids is 1. The van der Waals surface area contributed by atoms with Crippen molar-refractivity contribution in [2.24, 2.45) is 0 Å². The third-order valence-corrected chi connectivity index (χ3v) is 7.65. The Bertz CT molecular complexity index is 1800. The molecular formula is C28H19F3N2O6. The predicted octanol–water partition coefficient (Wildman–Crippen LogP) is 4.49. The predicted molar refractivity (Wildman–Crippen MR) is 131 cm³/mol. The van der Waals surface area contributed by atoms with Gasteiger partial charge in [0.2, 0.25) is 6.79 Å². The zero-order chi connectivity index (χ0) is 27.3. The molecule has 198 valence electrons. The summed E-state index contributed by atoms with van der Waals surface area (Å²) in [4.78, 5) is 30.7. The Hall–Kier alpha value is -4.38. The molecule has 8 nitrogen and oxygen atoms in total. The molecule has 3 aliphatic rings. The molecular weight excluding hydrogens is 517 g/mol. The molecule has 1 atom stereocenters. The second kappa shape index (κ2) is 7.82. The number of carbonyl (C=O) groups is 1. The van der Waals surface area contributed by atoms with E-state index in [1.165, 1.54) is 16.7 Å². The highest BCUT2D eigenvalue weighted by atomic mass is 19.4. The zero-order valence-electron chi connectivity index (χ0n) is 20.4. The highest BCUT2D eigenvalue weighted by molar-refractivity contribution is 6.01. The van der Waals surface area contributed by atoms with Crippen molar-refractivity contribution in [1.29, 1.82) is 0 Å². The maximum Gasteiger partial charge on any atom is 0.416 e. The summed E-state index contributed by atoms with van der Waals surface area (Å²) in [6, 6.07) is 9.92. The van der Waals surface area contributed by atoms with Crippen LogP contribution in [0.2, 0.25) is 0 Å². The van der Waals surface area contributed by atoms with Crippen molar-refractivity contribution in [3.63, 3.8) is 0 Å². The van der Waals surface area contributed by atoms with Crippen LogP contribution in [-0.2, 0) is 34.5 Å². The second-order valence-corrected chi connectivity index (χ2v) is 9.73. The van der Waals surface area contributed by atoms with Crippen LogP contribution in [0.25, 0.3) is 33.4 Å². The van der Waals surface area contributed by atoms with E-state index in [0.29, 0.717) is 50.5 Å². The highest BCUT2D eigenvalue weighted by Gasteiger charge is 2.45. The van der Waals surface area contributed by atoms with E-state index in [4.69, 9.17) is 19.2 Å². The van der Waals surface area contributed by atoms with Gasteiger partial charge in [0.1, 0.15) is 6.61 Å². The van der Waals surface area contributed by atoms with Crippen LogP contribution in [0.5, 0.6) is 11.5 Å². The van der Waals surface area contributed by atoms with Crippen LogP contribution in [-0.4, -0.2) is 27.4 Å². The number of hydrogen-bond acceptors (Lipinski definition) is 7. The summed E-state index contributed by atoms with van der Waals surface area (Å²) in [7, 11) is 0. The number of halogens is 3. The van der Waals surface area contributed by atoms with Gasteiger partial charge in [-0.3, -0.25) is 4.79 Å². The van der Waals surface area contributed by atoms with Gasteiger partial charge in [0.05, 0.1) is 34.6 Å². The van der Waals surface area contributed by atoms with Crippen molar-refractivity contribution in [1.82, 2.24) is 9.55 Å². The standard InChI is InChI=1S/C28H19F3N2O6/c1-2-27(36)18-8-20-23-14(10-33(20)25(34)17(18)11-37-26(27)35)7-16-19(32-23)9-21-24(39-12-38-21)22(16)13-3-5-15(6-4-13)28(29,30)31/h3-9,36H,2,10-12H2,1H3/t27-/m0/s1. The van der Waals surface area contributed by atoms with Gasteiger partial charge in [-0.25, -0.2) is 9.78 Å². The summed E-state index contributed by atoms with van der Waals surface area (Å²) < 4.78 is 57.5. The number of aromatic nitrogens is 2. The molecule has 0 saturated carbocycles. The molecule has 5 heterocycles. The monoisotopic (exact) mass is 536 g/mol. The highest BCUT2D eigenvalue weighted by Crippen LogP contribution is 2.48. The molecule has 0 bridgehead atoms. The van der Waals surface area contributed by atoms with Gasteiger partial charge < -0.3 is 23.9 Å². The number of rotatable bonds is 2.